The van der Waals surface area contributed by atoms with Gasteiger partial charge in [0.25, 0.3) is 0 Å². The molecule has 1 unspecified atom stereocenters. The lowest BCUT2D eigenvalue weighted by Crippen LogP contribution is -3.00. The Morgan fingerprint density at radius 3 is 1.76 bits per heavy atom. The van der Waals surface area contributed by atoms with Crippen molar-refractivity contribution in [3.8, 4) is 0 Å². The number of hydrogen-bond acceptors (Lipinski definition) is 0. The smallest absolute Gasteiger partial charge is 0.111 e. The highest BCUT2D eigenvalue weighted by Crippen LogP contribution is 2.23. The largest absolute Gasteiger partial charge is 1.00 e. The normalized spacial score (nSPS) is 13.4. The molecule has 0 fully saturated rings. The monoisotopic (exact) mass is 299 g/mol. The minimum Gasteiger partial charge on any atom is -1.00 e. The molecule has 1 aromatic carbocycles. The maximum atomic E-state index is 2.29. The standard InChI is InChI=1S/C15H26N.BrH/c1-12(2)11-14-7-9-15(10-8-14)13(3)16(4,5)6;/h7-10,12-13H,11H2,1-6H3;1H/q+1;/p-1. The molecule has 1 nitrogen and oxygen atoms in total. The van der Waals surface area contributed by atoms with E-state index in [1.807, 2.05) is 0 Å². The van der Waals surface area contributed by atoms with E-state index in [-0.39, 0.29) is 17.0 Å². The maximum Gasteiger partial charge on any atom is 0.111 e. The second kappa shape index (κ2) is 6.55. The van der Waals surface area contributed by atoms with E-state index in [0.29, 0.717) is 6.04 Å². The Hall–Kier alpha value is -0.340. The quantitative estimate of drug-likeness (QED) is 0.717. The zero-order valence-electron chi connectivity index (χ0n) is 12.0. The number of hydrogen-bond donors (Lipinski definition) is 0. The third kappa shape index (κ3) is 5.22. The van der Waals surface area contributed by atoms with Gasteiger partial charge in [-0.15, -0.1) is 0 Å². The van der Waals surface area contributed by atoms with Crippen molar-refractivity contribution < 1.29 is 21.5 Å². The van der Waals surface area contributed by atoms with Crippen LogP contribution in [0.5, 0.6) is 0 Å². The molecule has 0 N–H and O–H groups in total. The summed E-state index contributed by atoms with van der Waals surface area (Å²) in [6.07, 6.45) is 1.18. The predicted molar refractivity (Wildman–Crippen MR) is 71.4 cm³/mol. The lowest BCUT2D eigenvalue weighted by Gasteiger charge is -2.32. The molecule has 1 atom stereocenters. The van der Waals surface area contributed by atoms with Crippen molar-refractivity contribution in [2.45, 2.75) is 33.2 Å². The molecule has 0 saturated carbocycles. The van der Waals surface area contributed by atoms with Crippen LogP contribution < -0.4 is 17.0 Å². The van der Waals surface area contributed by atoms with Gasteiger partial charge >= 0.3 is 0 Å². The molecule has 1 rings (SSSR count). The predicted octanol–water partition coefficient (Wildman–Crippen LogP) is 0.656. The van der Waals surface area contributed by atoms with E-state index in [1.54, 1.807) is 0 Å². The molecular formula is C15H26BrN. The molecule has 2 heteroatoms. The topological polar surface area (TPSA) is 0 Å². The first-order valence-corrected chi connectivity index (χ1v) is 6.20. The summed E-state index contributed by atoms with van der Waals surface area (Å²) in [5, 5.41) is 0. The fraction of sp³-hybridized carbons (Fsp3) is 0.600. The summed E-state index contributed by atoms with van der Waals surface area (Å²) in [7, 11) is 6.73. The molecule has 17 heavy (non-hydrogen) atoms. The number of nitrogens with zero attached hydrogens (tertiary/aromatic N) is 1. The van der Waals surface area contributed by atoms with Crippen molar-refractivity contribution in [1.82, 2.24) is 0 Å². The Kier molecular flexibility index (Phi) is 6.42. The van der Waals surface area contributed by atoms with Crippen LogP contribution in [0, 0.1) is 5.92 Å². The van der Waals surface area contributed by atoms with Crippen LogP contribution in [0.1, 0.15) is 37.9 Å². The number of rotatable bonds is 4. The average molecular weight is 300 g/mol. The number of halogens is 1. The Labute approximate surface area is 117 Å². The van der Waals surface area contributed by atoms with E-state index >= 15 is 0 Å². The van der Waals surface area contributed by atoms with E-state index in [0.717, 1.165) is 10.4 Å². The van der Waals surface area contributed by atoms with Crippen molar-refractivity contribution in [3.63, 3.8) is 0 Å². The first kappa shape index (κ1) is 16.7. The van der Waals surface area contributed by atoms with Crippen molar-refractivity contribution in [2.75, 3.05) is 21.1 Å². The highest BCUT2D eigenvalue weighted by atomic mass is 79.9. The summed E-state index contributed by atoms with van der Waals surface area (Å²) >= 11 is 0. The SMILES string of the molecule is CC(C)Cc1ccc(C(C)[N+](C)(C)C)cc1.[Br-]. The van der Waals surface area contributed by atoms with E-state index in [1.165, 1.54) is 17.5 Å². The van der Waals surface area contributed by atoms with Crippen LogP contribution in [0.4, 0.5) is 0 Å². The van der Waals surface area contributed by atoms with Crippen LogP contribution >= 0.6 is 0 Å². The number of quaternary nitrogens is 1. The summed E-state index contributed by atoms with van der Waals surface area (Å²) in [6, 6.07) is 9.67. The van der Waals surface area contributed by atoms with Gasteiger partial charge in [0.1, 0.15) is 6.04 Å². The minimum atomic E-state index is 0. The first-order valence-electron chi connectivity index (χ1n) is 6.20. The molecule has 0 aliphatic heterocycles. The average Bonchev–Trinajstić information content (AvgIpc) is 2.15. The Morgan fingerprint density at radius 2 is 1.41 bits per heavy atom. The number of benzene rings is 1. The van der Waals surface area contributed by atoms with Crippen molar-refractivity contribution in [1.29, 1.82) is 0 Å². The third-order valence-corrected chi connectivity index (χ3v) is 3.27. The summed E-state index contributed by atoms with van der Waals surface area (Å²) in [6.45, 7) is 6.82. The molecule has 0 aliphatic rings. The second-order valence-corrected chi connectivity index (χ2v) is 6.13. The fourth-order valence-electron chi connectivity index (χ4n) is 1.85. The maximum absolute atomic E-state index is 2.29. The summed E-state index contributed by atoms with van der Waals surface area (Å²) in [5.41, 5.74) is 2.88. The van der Waals surface area contributed by atoms with Crippen molar-refractivity contribution in [3.05, 3.63) is 35.4 Å². The summed E-state index contributed by atoms with van der Waals surface area (Å²) in [5.74, 6) is 0.738. The zero-order valence-corrected chi connectivity index (χ0v) is 13.6. The summed E-state index contributed by atoms with van der Waals surface area (Å²) in [4.78, 5) is 0. The lowest BCUT2D eigenvalue weighted by molar-refractivity contribution is -0.900. The lowest BCUT2D eigenvalue weighted by atomic mass is 9.99. The van der Waals surface area contributed by atoms with E-state index in [2.05, 4.69) is 66.2 Å². The van der Waals surface area contributed by atoms with Gasteiger partial charge in [-0.1, -0.05) is 38.1 Å². The Balaban J connectivity index is 0.00000256. The van der Waals surface area contributed by atoms with Crippen LogP contribution in [0.2, 0.25) is 0 Å². The van der Waals surface area contributed by atoms with Crippen molar-refractivity contribution >= 4 is 0 Å². The third-order valence-electron chi connectivity index (χ3n) is 3.27. The molecule has 0 heterocycles. The van der Waals surface area contributed by atoms with Crippen LogP contribution in [-0.4, -0.2) is 25.6 Å². The van der Waals surface area contributed by atoms with Crippen molar-refractivity contribution in [2.24, 2.45) is 5.92 Å². The molecule has 0 aromatic heterocycles. The second-order valence-electron chi connectivity index (χ2n) is 6.13. The van der Waals surface area contributed by atoms with Crippen LogP contribution in [-0.2, 0) is 6.42 Å². The van der Waals surface area contributed by atoms with Gasteiger partial charge in [-0.3, -0.25) is 0 Å². The first-order chi connectivity index (χ1) is 7.30. The molecule has 0 aliphatic carbocycles. The highest BCUT2D eigenvalue weighted by Gasteiger charge is 2.19. The van der Waals surface area contributed by atoms with Gasteiger partial charge in [0, 0.05) is 5.56 Å². The highest BCUT2D eigenvalue weighted by molar-refractivity contribution is 5.24. The van der Waals surface area contributed by atoms with Crippen LogP contribution in [0.25, 0.3) is 0 Å². The zero-order chi connectivity index (χ0) is 12.3. The van der Waals surface area contributed by atoms with Gasteiger partial charge in [0.15, 0.2) is 0 Å². The molecule has 1 aromatic rings. The van der Waals surface area contributed by atoms with Crippen LogP contribution in [0.15, 0.2) is 24.3 Å². The molecular weight excluding hydrogens is 274 g/mol. The molecule has 0 saturated heterocycles. The van der Waals surface area contributed by atoms with Crippen LogP contribution in [0.3, 0.4) is 0 Å². The molecule has 98 valence electrons. The van der Waals surface area contributed by atoms with Gasteiger partial charge in [-0.05, 0) is 24.8 Å². The Morgan fingerprint density at radius 1 is 0.941 bits per heavy atom. The molecule has 0 amide bonds. The van der Waals surface area contributed by atoms with E-state index in [4.69, 9.17) is 0 Å². The fourth-order valence-corrected chi connectivity index (χ4v) is 1.85. The van der Waals surface area contributed by atoms with Gasteiger partial charge < -0.3 is 21.5 Å². The van der Waals surface area contributed by atoms with Gasteiger partial charge in [0.05, 0.1) is 21.1 Å². The molecule has 0 spiro atoms. The molecule has 0 bridgehead atoms. The minimum absolute atomic E-state index is 0. The summed E-state index contributed by atoms with van der Waals surface area (Å²) < 4.78 is 0.976. The molecule has 0 radical (unpaired) electrons. The van der Waals surface area contributed by atoms with Gasteiger partial charge in [0.2, 0.25) is 0 Å². The van der Waals surface area contributed by atoms with Gasteiger partial charge in [-0.25, -0.2) is 0 Å². The van der Waals surface area contributed by atoms with E-state index < -0.39 is 0 Å². The van der Waals surface area contributed by atoms with E-state index in [9.17, 15) is 0 Å². The Bertz CT molecular complexity index is 322. The van der Waals surface area contributed by atoms with Gasteiger partial charge in [-0.2, -0.15) is 0 Å².